The molecule has 0 spiro atoms. The quantitative estimate of drug-likeness (QED) is 0.140. The van der Waals surface area contributed by atoms with Crippen molar-refractivity contribution >= 4 is 5.76 Å². The molecule has 11 atom stereocenters. The van der Waals surface area contributed by atoms with E-state index in [2.05, 4.69) is 4.74 Å². The van der Waals surface area contributed by atoms with E-state index in [4.69, 9.17) is 18.9 Å². The Labute approximate surface area is 238 Å². The van der Waals surface area contributed by atoms with Crippen LogP contribution in [0.1, 0.15) is 5.56 Å². The van der Waals surface area contributed by atoms with E-state index in [0.29, 0.717) is 5.56 Å². The molecule has 0 aromatic heterocycles. The number of allylic oxidation sites excluding steroid dienone is 2. The number of ether oxygens (including phenoxy) is 5. The number of fused-ring (bicyclic) bond motifs is 1. The van der Waals surface area contributed by atoms with Crippen molar-refractivity contribution < 1.29 is 74.7 Å². The zero-order valence-corrected chi connectivity index (χ0v) is 21.9. The molecule has 230 valence electrons. The van der Waals surface area contributed by atoms with Gasteiger partial charge in [-0.25, -0.2) is 0 Å². The van der Waals surface area contributed by atoms with E-state index in [1.54, 1.807) is 0 Å². The summed E-state index contributed by atoms with van der Waals surface area (Å²) in [6.07, 6.45) is -12.8. The van der Waals surface area contributed by atoms with Crippen LogP contribution in [0.5, 0.6) is 5.75 Å². The van der Waals surface area contributed by atoms with Gasteiger partial charge in [-0.2, -0.15) is 0 Å². The van der Waals surface area contributed by atoms with Crippen molar-refractivity contribution in [2.75, 3.05) is 13.2 Å². The van der Waals surface area contributed by atoms with Gasteiger partial charge in [0.2, 0.25) is 24.4 Å². The van der Waals surface area contributed by atoms with Gasteiger partial charge in [-0.3, -0.25) is 0 Å². The van der Waals surface area contributed by atoms with Gasteiger partial charge in [0.25, 0.3) is 0 Å². The van der Waals surface area contributed by atoms with E-state index < -0.39 is 80.7 Å². The molecule has 15 nitrogen and oxygen atoms in total. The average Bonchev–Trinajstić information content (AvgIpc) is 2.98. The van der Waals surface area contributed by atoms with Crippen LogP contribution in [0.3, 0.4) is 0 Å². The van der Waals surface area contributed by atoms with Gasteiger partial charge in [0.05, 0.1) is 30.4 Å². The molecule has 15 heteroatoms. The zero-order valence-electron chi connectivity index (χ0n) is 21.9. The number of benzene rings is 1. The topological polar surface area (TPSA) is 252 Å². The molecule has 42 heavy (non-hydrogen) atoms. The first-order valence-corrected chi connectivity index (χ1v) is 13.1. The Morgan fingerprint density at radius 2 is 1.24 bits per heavy atom. The van der Waals surface area contributed by atoms with Crippen molar-refractivity contribution in [1.82, 2.24) is 0 Å². The Kier molecular flexibility index (Phi) is 8.77. The monoisotopic (exact) mass is 597 g/mol. The fourth-order valence-corrected chi connectivity index (χ4v) is 4.95. The molecule has 1 aromatic rings. The van der Waals surface area contributed by atoms with E-state index >= 15 is 0 Å². The number of phenols is 1. The molecule has 2 saturated heterocycles. The number of aliphatic hydroxyl groups excluding tert-OH is 9. The molecular weight excluding hydrogens is 564 g/mol. The van der Waals surface area contributed by atoms with Crippen LogP contribution in [0.15, 0.2) is 65.3 Å². The predicted molar refractivity (Wildman–Crippen MR) is 138 cm³/mol. The standard InChI is InChI=1S/C27H32O15/c28-8-17-19(32)21(34)23(36)26(41-17)39-15-6-12(31)5-14-13(15)7-16(25(38-14)10-1-3-11(30)4-2-10)40-27-24(37)22(35)20(33)18(9-29)42-27/h1-7,14,17-24,26-37H,8-9H2/p+1. The van der Waals surface area contributed by atoms with Gasteiger partial charge in [0.15, 0.2) is 0 Å². The minimum atomic E-state index is -1.75. The summed E-state index contributed by atoms with van der Waals surface area (Å²) in [4.78, 5) is 0. The Hall–Kier alpha value is -3.22. The van der Waals surface area contributed by atoms with Crippen LogP contribution in [-0.2, 0) is 18.9 Å². The molecule has 1 aromatic carbocycles. The SMILES string of the molecule is OCC1OC(OC2=CC(O)=CC3[OH+]C(c4ccc(O)cc4)=C(OC4OC(CO)C(O)C(O)C4O)C=C23)C(O)C(O)C1O. The minimum absolute atomic E-state index is 0.0313. The molecule has 2 fully saturated rings. The van der Waals surface area contributed by atoms with Gasteiger partial charge in [-0.05, 0) is 24.3 Å². The van der Waals surface area contributed by atoms with Crippen molar-refractivity contribution in [3.8, 4) is 5.75 Å². The fourth-order valence-electron chi connectivity index (χ4n) is 4.95. The van der Waals surface area contributed by atoms with Crippen LogP contribution in [0.4, 0.5) is 0 Å². The van der Waals surface area contributed by atoms with Crippen LogP contribution in [0.25, 0.3) is 5.76 Å². The first kappa shape index (κ1) is 30.2. The van der Waals surface area contributed by atoms with E-state index in [0.717, 1.165) is 0 Å². The number of aromatic hydroxyl groups is 1. The van der Waals surface area contributed by atoms with E-state index in [9.17, 15) is 51.1 Å². The van der Waals surface area contributed by atoms with Crippen molar-refractivity contribution in [3.63, 3.8) is 0 Å². The normalized spacial score (nSPS) is 38.5. The Morgan fingerprint density at radius 1 is 0.690 bits per heavy atom. The molecule has 3 heterocycles. The van der Waals surface area contributed by atoms with Gasteiger partial charge in [-0.15, -0.1) is 0 Å². The van der Waals surface area contributed by atoms with Crippen LogP contribution in [0.2, 0.25) is 0 Å². The average molecular weight is 598 g/mol. The Morgan fingerprint density at radius 3 is 1.79 bits per heavy atom. The molecule has 5 rings (SSSR count). The largest absolute Gasteiger partial charge is 0.571 e. The second kappa shape index (κ2) is 12.2. The maximum atomic E-state index is 10.6. The summed E-state index contributed by atoms with van der Waals surface area (Å²) in [5, 5.41) is 101. The van der Waals surface area contributed by atoms with E-state index in [-0.39, 0.29) is 34.4 Å². The second-order valence-corrected chi connectivity index (χ2v) is 10.2. The summed E-state index contributed by atoms with van der Waals surface area (Å²) in [7, 11) is 0. The lowest BCUT2D eigenvalue weighted by Gasteiger charge is -2.41. The molecule has 11 unspecified atom stereocenters. The summed E-state index contributed by atoms with van der Waals surface area (Å²) in [5.41, 5.74) is 0.674. The van der Waals surface area contributed by atoms with Crippen molar-refractivity contribution in [1.29, 1.82) is 0 Å². The second-order valence-electron chi connectivity index (χ2n) is 10.2. The number of aliphatic hydroxyl groups is 11. The van der Waals surface area contributed by atoms with Gasteiger partial charge in [0, 0.05) is 12.2 Å². The summed E-state index contributed by atoms with van der Waals surface area (Å²) in [6.45, 7) is -1.38. The number of hydrogen-bond donors (Lipinski definition) is 10. The highest BCUT2D eigenvalue weighted by Crippen LogP contribution is 2.39. The van der Waals surface area contributed by atoms with Crippen molar-refractivity contribution in [3.05, 3.63) is 70.9 Å². The van der Waals surface area contributed by atoms with Gasteiger partial charge >= 0.3 is 5.76 Å². The minimum Gasteiger partial charge on any atom is -0.571 e. The smallest absolute Gasteiger partial charge is 0.305 e. The molecule has 0 amide bonds. The maximum Gasteiger partial charge on any atom is 0.305 e. The molecule has 4 aliphatic rings. The summed E-state index contributed by atoms with van der Waals surface area (Å²) in [5.74, 6) is -0.277. The van der Waals surface area contributed by atoms with Crippen molar-refractivity contribution in [2.45, 2.75) is 67.5 Å². The van der Waals surface area contributed by atoms with Gasteiger partial charge in [-0.1, -0.05) is 0 Å². The number of hydrogen-bond acceptors (Lipinski definition) is 14. The van der Waals surface area contributed by atoms with E-state index in [1.807, 2.05) is 0 Å². The molecule has 1 aliphatic carbocycles. The number of phenolic OH excluding ortho intramolecular Hbond substituents is 1. The molecule has 11 N–H and O–H groups in total. The highest BCUT2D eigenvalue weighted by Gasteiger charge is 2.48. The molecule has 0 bridgehead atoms. The summed E-state index contributed by atoms with van der Waals surface area (Å²) < 4.78 is 27.3. The zero-order chi connectivity index (χ0) is 30.3. The van der Waals surface area contributed by atoms with Gasteiger partial charge in [0.1, 0.15) is 66.1 Å². The van der Waals surface area contributed by atoms with Crippen LogP contribution < -0.4 is 0 Å². The summed E-state index contributed by atoms with van der Waals surface area (Å²) in [6, 6.07) is 5.84. The maximum absolute atomic E-state index is 10.6. The first-order valence-electron chi connectivity index (χ1n) is 13.1. The molecular formula is C27H33O15+. The predicted octanol–water partition coefficient (Wildman–Crippen LogP) is -3.13. The Balaban J connectivity index is 1.51. The third kappa shape index (κ3) is 5.71. The summed E-state index contributed by atoms with van der Waals surface area (Å²) >= 11 is 0. The molecule has 0 radical (unpaired) electrons. The van der Waals surface area contributed by atoms with Crippen LogP contribution in [0, 0.1) is 0 Å². The number of rotatable bonds is 7. The lowest BCUT2D eigenvalue weighted by atomic mass is 9.96. The lowest BCUT2D eigenvalue weighted by molar-refractivity contribution is -0.292. The van der Waals surface area contributed by atoms with Gasteiger partial charge < -0.3 is 74.7 Å². The first-order chi connectivity index (χ1) is 20.0. The van der Waals surface area contributed by atoms with Crippen molar-refractivity contribution in [2.24, 2.45) is 0 Å². The lowest BCUT2D eigenvalue weighted by Crippen LogP contribution is -2.59. The Bertz CT molecular complexity index is 1250. The molecule has 0 saturated carbocycles. The van der Waals surface area contributed by atoms with Crippen LogP contribution in [-0.4, -0.2) is 137 Å². The van der Waals surface area contributed by atoms with Crippen LogP contribution >= 0.6 is 0 Å². The fraction of sp³-hybridized carbons (Fsp3) is 0.481. The highest BCUT2D eigenvalue weighted by atomic mass is 16.7. The van der Waals surface area contributed by atoms with E-state index in [1.165, 1.54) is 42.5 Å². The third-order valence-corrected chi connectivity index (χ3v) is 7.32. The highest BCUT2D eigenvalue weighted by molar-refractivity contribution is 5.68. The molecule has 3 aliphatic heterocycles. The third-order valence-electron chi connectivity index (χ3n) is 7.32.